The fourth-order valence-electron chi connectivity index (χ4n) is 1.49. The van der Waals surface area contributed by atoms with Crippen LogP contribution >= 0.6 is 0 Å². The molecule has 1 rings (SSSR count). The highest BCUT2D eigenvalue weighted by atomic mass is 16.3. The molecule has 1 aromatic rings. The minimum atomic E-state index is -0.0559. The third-order valence-electron chi connectivity index (χ3n) is 2.08. The number of rotatable bonds is 3. The zero-order chi connectivity index (χ0) is 11.4. The van der Waals surface area contributed by atoms with Crippen LogP contribution in [0.3, 0.4) is 0 Å². The number of nitrogens with zero attached hydrogens (tertiary/aromatic N) is 1. The molecule has 15 heavy (non-hydrogen) atoms. The third-order valence-corrected chi connectivity index (χ3v) is 2.08. The molecule has 82 valence electrons. The number of phenolic OH excluding ortho intramolecular Hbond substituents is 1. The van der Waals surface area contributed by atoms with Crippen LogP contribution in [0.15, 0.2) is 24.3 Å². The molecular formula is C12H17NO2. The second kappa shape index (κ2) is 4.82. The van der Waals surface area contributed by atoms with Crippen LogP contribution in [0, 0.1) is 5.92 Å². The number of aromatic hydroxyl groups is 1. The molecule has 0 aliphatic rings. The molecule has 0 heterocycles. The number of hydrogen-bond acceptors (Lipinski definition) is 2. The Hall–Kier alpha value is -1.51. The van der Waals surface area contributed by atoms with E-state index in [1.165, 1.54) is 6.07 Å². The Bertz CT molecular complexity index is 347. The largest absolute Gasteiger partial charge is 0.508 e. The first-order valence-corrected chi connectivity index (χ1v) is 5.05. The summed E-state index contributed by atoms with van der Waals surface area (Å²) in [5, 5.41) is 9.25. The van der Waals surface area contributed by atoms with Gasteiger partial charge in [0.25, 0.3) is 5.91 Å². The van der Waals surface area contributed by atoms with Gasteiger partial charge in [-0.1, -0.05) is 19.9 Å². The minimum absolute atomic E-state index is 0.0559. The lowest BCUT2D eigenvalue weighted by Gasteiger charge is -2.19. The molecule has 0 radical (unpaired) electrons. The van der Waals surface area contributed by atoms with Gasteiger partial charge < -0.3 is 10.0 Å². The van der Waals surface area contributed by atoms with Crippen molar-refractivity contribution in [1.82, 2.24) is 4.90 Å². The highest BCUT2D eigenvalue weighted by Gasteiger charge is 2.12. The molecule has 1 amide bonds. The zero-order valence-corrected chi connectivity index (χ0v) is 9.40. The summed E-state index contributed by atoms with van der Waals surface area (Å²) in [6, 6.07) is 6.42. The highest BCUT2D eigenvalue weighted by Crippen LogP contribution is 2.13. The summed E-state index contributed by atoms with van der Waals surface area (Å²) in [5.74, 6) is 0.509. The molecule has 0 saturated carbocycles. The van der Waals surface area contributed by atoms with Crippen molar-refractivity contribution in [2.45, 2.75) is 13.8 Å². The maximum Gasteiger partial charge on any atom is 0.253 e. The smallest absolute Gasteiger partial charge is 0.253 e. The Balaban J connectivity index is 2.76. The van der Waals surface area contributed by atoms with Crippen LogP contribution in [0.4, 0.5) is 0 Å². The molecule has 1 aromatic carbocycles. The highest BCUT2D eigenvalue weighted by molar-refractivity contribution is 5.94. The van der Waals surface area contributed by atoms with Gasteiger partial charge in [-0.15, -0.1) is 0 Å². The van der Waals surface area contributed by atoms with E-state index < -0.39 is 0 Å². The Morgan fingerprint density at radius 3 is 2.67 bits per heavy atom. The first-order valence-electron chi connectivity index (χ1n) is 5.05. The third kappa shape index (κ3) is 3.27. The number of benzene rings is 1. The quantitative estimate of drug-likeness (QED) is 0.824. The lowest BCUT2D eigenvalue weighted by Crippen LogP contribution is -2.30. The van der Waals surface area contributed by atoms with E-state index in [4.69, 9.17) is 0 Å². The molecule has 1 N–H and O–H groups in total. The Kier molecular flexibility index (Phi) is 3.72. The average molecular weight is 207 g/mol. The van der Waals surface area contributed by atoms with Gasteiger partial charge >= 0.3 is 0 Å². The van der Waals surface area contributed by atoms with E-state index in [0.29, 0.717) is 18.0 Å². The second-order valence-corrected chi connectivity index (χ2v) is 4.13. The summed E-state index contributed by atoms with van der Waals surface area (Å²) in [6.45, 7) is 4.84. The van der Waals surface area contributed by atoms with Gasteiger partial charge in [0.1, 0.15) is 5.75 Å². The van der Waals surface area contributed by atoms with E-state index in [9.17, 15) is 9.90 Å². The van der Waals surface area contributed by atoms with Crippen LogP contribution in [0.5, 0.6) is 5.75 Å². The predicted octanol–water partition coefficient (Wildman–Crippen LogP) is 2.12. The minimum Gasteiger partial charge on any atom is -0.508 e. The maximum absolute atomic E-state index is 11.8. The van der Waals surface area contributed by atoms with E-state index in [1.807, 2.05) is 0 Å². The van der Waals surface area contributed by atoms with Gasteiger partial charge in [-0.25, -0.2) is 0 Å². The normalized spacial score (nSPS) is 10.4. The lowest BCUT2D eigenvalue weighted by molar-refractivity contribution is 0.0779. The monoisotopic (exact) mass is 207 g/mol. The zero-order valence-electron chi connectivity index (χ0n) is 9.40. The van der Waals surface area contributed by atoms with Crippen molar-refractivity contribution in [2.75, 3.05) is 13.6 Å². The standard InChI is InChI=1S/C12H17NO2/c1-9(2)8-13(3)12(15)10-5-4-6-11(14)7-10/h4-7,9,14H,8H2,1-3H3. The van der Waals surface area contributed by atoms with Gasteiger partial charge in [-0.05, 0) is 24.1 Å². The predicted molar refractivity (Wildman–Crippen MR) is 59.9 cm³/mol. The molecule has 0 fully saturated rings. The van der Waals surface area contributed by atoms with Gasteiger partial charge in [0, 0.05) is 19.2 Å². The van der Waals surface area contributed by atoms with Crippen LogP contribution in [-0.2, 0) is 0 Å². The fraction of sp³-hybridized carbons (Fsp3) is 0.417. The van der Waals surface area contributed by atoms with Gasteiger partial charge in [-0.2, -0.15) is 0 Å². The van der Waals surface area contributed by atoms with Crippen molar-refractivity contribution in [3.05, 3.63) is 29.8 Å². The summed E-state index contributed by atoms with van der Waals surface area (Å²) in [7, 11) is 1.77. The van der Waals surface area contributed by atoms with Crippen LogP contribution < -0.4 is 0 Å². The molecule has 3 heteroatoms. The van der Waals surface area contributed by atoms with E-state index in [2.05, 4.69) is 13.8 Å². The van der Waals surface area contributed by atoms with Gasteiger partial charge in [0.2, 0.25) is 0 Å². The van der Waals surface area contributed by atoms with Crippen molar-refractivity contribution < 1.29 is 9.90 Å². The topological polar surface area (TPSA) is 40.5 Å². The SMILES string of the molecule is CC(C)CN(C)C(=O)c1cccc(O)c1. The number of hydrogen-bond donors (Lipinski definition) is 1. The molecule has 0 saturated heterocycles. The van der Waals surface area contributed by atoms with E-state index >= 15 is 0 Å². The van der Waals surface area contributed by atoms with Crippen LogP contribution in [0.2, 0.25) is 0 Å². The number of carbonyl (C=O) groups is 1. The van der Waals surface area contributed by atoms with E-state index in [0.717, 1.165) is 0 Å². The molecule has 3 nitrogen and oxygen atoms in total. The van der Waals surface area contributed by atoms with Crippen molar-refractivity contribution in [3.8, 4) is 5.75 Å². The molecular weight excluding hydrogens is 190 g/mol. The van der Waals surface area contributed by atoms with Gasteiger partial charge in [-0.3, -0.25) is 4.79 Å². The van der Waals surface area contributed by atoms with Crippen molar-refractivity contribution in [2.24, 2.45) is 5.92 Å². The molecule has 0 spiro atoms. The first-order chi connectivity index (χ1) is 7.00. The maximum atomic E-state index is 11.8. The van der Waals surface area contributed by atoms with Gasteiger partial charge in [0.15, 0.2) is 0 Å². The summed E-state index contributed by atoms with van der Waals surface area (Å²) in [6.07, 6.45) is 0. The molecule has 0 aliphatic heterocycles. The summed E-state index contributed by atoms with van der Waals surface area (Å²) >= 11 is 0. The molecule has 0 aromatic heterocycles. The van der Waals surface area contributed by atoms with Crippen molar-refractivity contribution >= 4 is 5.91 Å². The first kappa shape index (κ1) is 11.6. The van der Waals surface area contributed by atoms with E-state index in [-0.39, 0.29) is 11.7 Å². The number of carbonyl (C=O) groups excluding carboxylic acids is 1. The Morgan fingerprint density at radius 2 is 2.13 bits per heavy atom. The molecule has 0 unspecified atom stereocenters. The second-order valence-electron chi connectivity index (χ2n) is 4.13. The molecule has 0 atom stereocenters. The Labute approximate surface area is 90.3 Å². The molecule has 0 bridgehead atoms. The number of phenols is 1. The van der Waals surface area contributed by atoms with E-state index in [1.54, 1.807) is 30.1 Å². The number of amides is 1. The summed E-state index contributed by atoms with van der Waals surface area (Å²) < 4.78 is 0. The van der Waals surface area contributed by atoms with Gasteiger partial charge in [0.05, 0.1) is 0 Å². The fourth-order valence-corrected chi connectivity index (χ4v) is 1.49. The summed E-state index contributed by atoms with van der Waals surface area (Å²) in [5.41, 5.74) is 0.526. The Morgan fingerprint density at radius 1 is 1.47 bits per heavy atom. The summed E-state index contributed by atoms with van der Waals surface area (Å²) in [4.78, 5) is 13.5. The van der Waals surface area contributed by atoms with Crippen molar-refractivity contribution in [3.63, 3.8) is 0 Å². The van der Waals surface area contributed by atoms with Crippen LogP contribution in [0.25, 0.3) is 0 Å². The molecule has 0 aliphatic carbocycles. The lowest BCUT2D eigenvalue weighted by atomic mass is 10.1. The van der Waals surface area contributed by atoms with Crippen LogP contribution in [-0.4, -0.2) is 29.5 Å². The van der Waals surface area contributed by atoms with Crippen LogP contribution in [0.1, 0.15) is 24.2 Å². The average Bonchev–Trinajstić information content (AvgIpc) is 2.15. The van der Waals surface area contributed by atoms with Crippen molar-refractivity contribution in [1.29, 1.82) is 0 Å².